The average molecular weight is 393 g/mol. The van der Waals surface area contributed by atoms with Gasteiger partial charge < -0.3 is 4.74 Å². The molecule has 11 heteroatoms. The van der Waals surface area contributed by atoms with Crippen LogP contribution in [0, 0.1) is 20.2 Å². The maximum atomic E-state index is 12.0. The molecule has 0 aliphatic carbocycles. The number of hydrazone groups is 1. The highest BCUT2D eigenvalue weighted by molar-refractivity contribution is 6.32. The van der Waals surface area contributed by atoms with Crippen LogP contribution in [0.15, 0.2) is 47.6 Å². The monoisotopic (exact) mass is 392 g/mol. The Morgan fingerprint density at radius 3 is 2.52 bits per heavy atom. The Bertz CT molecular complexity index is 918. The number of nitro groups is 2. The molecule has 0 aromatic heterocycles. The number of para-hydroxylation sites is 2. The molecule has 0 spiro atoms. The number of amides is 1. The number of nitrogens with one attached hydrogen (secondary N) is 1. The lowest BCUT2D eigenvalue weighted by Crippen LogP contribution is -2.33. The fourth-order valence-corrected chi connectivity index (χ4v) is 2.15. The van der Waals surface area contributed by atoms with Gasteiger partial charge in [-0.15, -0.1) is 0 Å². The molecule has 140 valence electrons. The first kappa shape index (κ1) is 19.8. The zero-order chi connectivity index (χ0) is 20.0. The summed E-state index contributed by atoms with van der Waals surface area (Å²) in [5.41, 5.74) is 1.98. The van der Waals surface area contributed by atoms with Gasteiger partial charge in [-0.05, 0) is 19.1 Å². The van der Waals surface area contributed by atoms with E-state index in [9.17, 15) is 25.0 Å². The van der Waals surface area contributed by atoms with E-state index in [1.807, 2.05) is 0 Å². The largest absolute Gasteiger partial charge is 0.474 e. The van der Waals surface area contributed by atoms with E-state index in [0.29, 0.717) is 5.56 Å². The summed E-state index contributed by atoms with van der Waals surface area (Å²) < 4.78 is 5.30. The summed E-state index contributed by atoms with van der Waals surface area (Å²) in [6.07, 6.45) is 0.127. The van der Waals surface area contributed by atoms with E-state index in [1.54, 1.807) is 6.07 Å². The number of carbonyl (C=O) groups excluding carboxylic acids is 1. The molecular formula is C16H13ClN4O6. The Kier molecular flexibility index (Phi) is 6.39. The van der Waals surface area contributed by atoms with Crippen LogP contribution >= 0.6 is 11.6 Å². The predicted molar refractivity (Wildman–Crippen MR) is 97.0 cm³/mol. The van der Waals surface area contributed by atoms with Gasteiger partial charge >= 0.3 is 5.69 Å². The number of rotatable bonds is 7. The van der Waals surface area contributed by atoms with E-state index >= 15 is 0 Å². The third-order valence-corrected chi connectivity index (χ3v) is 3.61. The molecule has 0 saturated heterocycles. The van der Waals surface area contributed by atoms with Crippen molar-refractivity contribution in [1.82, 2.24) is 5.43 Å². The number of benzene rings is 2. The zero-order valence-corrected chi connectivity index (χ0v) is 14.6. The molecule has 2 aromatic carbocycles. The fourth-order valence-electron chi connectivity index (χ4n) is 1.96. The third-order valence-electron chi connectivity index (χ3n) is 3.29. The molecule has 0 heterocycles. The van der Waals surface area contributed by atoms with Gasteiger partial charge in [-0.25, -0.2) is 5.43 Å². The molecule has 2 aromatic rings. The van der Waals surface area contributed by atoms with Crippen molar-refractivity contribution in [1.29, 1.82) is 0 Å². The van der Waals surface area contributed by atoms with E-state index in [-0.39, 0.29) is 22.1 Å². The number of nitro benzene ring substituents is 2. The van der Waals surface area contributed by atoms with Crippen LogP contribution in [0.25, 0.3) is 0 Å². The van der Waals surface area contributed by atoms with Gasteiger partial charge in [0.05, 0.1) is 16.1 Å². The minimum atomic E-state index is -1.07. The topological polar surface area (TPSA) is 137 Å². The molecule has 1 N–H and O–H groups in total. The van der Waals surface area contributed by atoms with E-state index < -0.39 is 21.9 Å². The van der Waals surface area contributed by atoms with Crippen LogP contribution in [0.1, 0.15) is 12.5 Å². The van der Waals surface area contributed by atoms with Crippen molar-refractivity contribution in [2.75, 3.05) is 0 Å². The highest BCUT2D eigenvalue weighted by Crippen LogP contribution is 2.27. The Labute approximate surface area is 157 Å². The summed E-state index contributed by atoms with van der Waals surface area (Å²) in [4.78, 5) is 32.5. The smallest absolute Gasteiger partial charge is 0.310 e. The SMILES string of the molecule is CC(Oc1ccccc1[N+](=O)[O-])C(=O)N/N=C/c1ccc(Cl)c([N+](=O)[O-])c1. The van der Waals surface area contributed by atoms with Gasteiger partial charge in [-0.3, -0.25) is 25.0 Å². The van der Waals surface area contributed by atoms with Crippen LogP contribution in [0.5, 0.6) is 5.75 Å². The van der Waals surface area contributed by atoms with E-state index in [0.717, 1.165) is 0 Å². The number of nitrogens with zero attached hydrogens (tertiary/aromatic N) is 3. The van der Waals surface area contributed by atoms with E-state index in [4.69, 9.17) is 16.3 Å². The molecule has 0 aliphatic heterocycles. The van der Waals surface area contributed by atoms with Crippen LogP contribution in [0.3, 0.4) is 0 Å². The number of halogens is 1. The molecule has 0 aliphatic rings. The standard InChI is InChI=1S/C16H13ClN4O6/c1-10(27-15-5-3-2-4-13(15)20(23)24)16(22)19-18-9-11-6-7-12(17)14(8-11)21(25)26/h2-10H,1H3,(H,19,22)/b18-9+. The predicted octanol–water partition coefficient (Wildman–Crippen LogP) is 3.07. The normalized spacial score (nSPS) is 11.8. The number of hydrogen-bond donors (Lipinski definition) is 1. The van der Waals surface area contributed by atoms with Crippen LogP contribution in [0.2, 0.25) is 5.02 Å². The first-order chi connectivity index (χ1) is 12.8. The van der Waals surface area contributed by atoms with Gasteiger partial charge in [0.15, 0.2) is 11.9 Å². The number of carbonyl (C=O) groups is 1. The second-order valence-electron chi connectivity index (χ2n) is 5.19. The van der Waals surface area contributed by atoms with Crippen molar-refractivity contribution in [3.05, 3.63) is 73.3 Å². The fraction of sp³-hybridized carbons (Fsp3) is 0.125. The molecule has 10 nitrogen and oxygen atoms in total. The number of hydrogen-bond acceptors (Lipinski definition) is 7. The Morgan fingerprint density at radius 2 is 1.85 bits per heavy atom. The van der Waals surface area contributed by atoms with E-state index in [2.05, 4.69) is 10.5 Å². The maximum Gasteiger partial charge on any atom is 0.310 e. The minimum Gasteiger partial charge on any atom is -0.474 e. The highest BCUT2D eigenvalue weighted by atomic mass is 35.5. The molecule has 0 saturated carbocycles. The second-order valence-corrected chi connectivity index (χ2v) is 5.59. The first-order valence-electron chi connectivity index (χ1n) is 7.46. The van der Waals surface area contributed by atoms with Gasteiger partial charge in [-0.2, -0.15) is 5.10 Å². The molecule has 0 bridgehead atoms. The van der Waals surface area contributed by atoms with Crippen LogP contribution in [0.4, 0.5) is 11.4 Å². The first-order valence-corrected chi connectivity index (χ1v) is 7.84. The molecule has 0 fully saturated rings. The van der Waals surface area contributed by atoms with E-state index in [1.165, 1.54) is 49.5 Å². The summed E-state index contributed by atoms with van der Waals surface area (Å²) in [6.45, 7) is 1.40. The van der Waals surface area contributed by atoms with Crippen molar-refractivity contribution in [3.63, 3.8) is 0 Å². The summed E-state index contributed by atoms with van der Waals surface area (Å²) in [5.74, 6) is -0.713. The highest BCUT2D eigenvalue weighted by Gasteiger charge is 2.20. The number of ether oxygens (including phenoxy) is 1. The Morgan fingerprint density at radius 1 is 1.19 bits per heavy atom. The molecule has 2 rings (SSSR count). The molecule has 0 radical (unpaired) electrons. The molecule has 1 amide bonds. The van der Waals surface area contributed by atoms with Crippen molar-refractivity contribution in [3.8, 4) is 5.75 Å². The molecular weight excluding hydrogens is 380 g/mol. The summed E-state index contributed by atoms with van der Waals surface area (Å²) in [6, 6.07) is 9.67. The van der Waals surface area contributed by atoms with Gasteiger partial charge in [-0.1, -0.05) is 29.8 Å². The maximum absolute atomic E-state index is 12.0. The van der Waals surface area contributed by atoms with Crippen LogP contribution in [-0.4, -0.2) is 28.1 Å². The molecule has 1 atom stereocenters. The Balaban J connectivity index is 2.01. The quantitative estimate of drug-likeness (QED) is 0.436. The molecule has 1 unspecified atom stereocenters. The lowest BCUT2D eigenvalue weighted by molar-refractivity contribution is -0.386. The Hall–Kier alpha value is -3.53. The van der Waals surface area contributed by atoms with Gasteiger partial charge in [0.2, 0.25) is 0 Å². The average Bonchev–Trinajstić information content (AvgIpc) is 2.63. The summed E-state index contributed by atoms with van der Waals surface area (Å²) in [5, 5.41) is 25.4. The van der Waals surface area contributed by atoms with Crippen molar-refractivity contribution in [2.24, 2.45) is 5.10 Å². The van der Waals surface area contributed by atoms with Gasteiger partial charge in [0.25, 0.3) is 11.6 Å². The van der Waals surface area contributed by atoms with Gasteiger partial charge in [0.1, 0.15) is 5.02 Å². The zero-order valence-electron chi connectivity index (χ0n) is 13.9. The van der Waals surface area contributed by atoms with Gasteiger partial charge in [0, 0.05) is 17.7 Å². The summed E-state index contributed by atoms with van der Waals surface area (Å²) >= 11 is 5.71. The summed E-state index contributed by atoms with van der Waals surface area (Å²) in [7, 11) is 0. The van der Waals surface area contributed by atoms with Crippen molar-refractivity contribution >= 4 is 35.1 Å². The lowest BCUT2D eigenvalue weighted by atomic mass is 10.2. The van der Waals surface area contributed by atoms with Crippen molar-refractivity contribution < 1.29 is 19.4 Å². The minimum absolute atomic E-state index is 0.0207. The van der Waals surface area contributed by atoms with Crippen LogP contribution < -0.4 is 10.2 Å². The van der Waals surface area contributed by atoms with Crippen molar-refractivity contribution in [2.45, 2.75) is 13.0 Å². The molecule has 27 heavy (non-hydrogen) atoms. The van der Waals surface area contributed by atoms with Crippen LogP contribution in [-0.2, 0) is 4.79 Å². The second kappa shape index (κ2) is 8.72. The third kappa shape index (κ3) is 5.22. The lowest BCUT2D eigenvalue weighted by Gasteiger charge is -2.12.